The maximum atomic E-state index is 8.36. The van der Waals surface area contributed by atoms with E-state index in [1.165, 1.54) is 50.5 Å². The predicted octanol–water partition coefficient (Wildman–Crippen LogP) is 4.65. The second-order valence-corrected chi connectivity index (χ2v) is 6.91. The highest BCUT2D eigenvalue weighted by Crippen LogP contribution is 2.45. The van der Waals surface area contributed by atoms with Gasteiger partial charge in [-0.05, 0) is 49.9 Å². The van der Waals surface area contributed by atoms with Crippen molar-refractivity contribution < 1.29 is 9.90 Å². The molecule has 1 aromatic carbocycles. The van der Waals surface area contributed by atoms with E-state index in [2.05, 4.69) is 17.4 Å². The number of rotatable bonds is 2. The first-order valence-electron chi connectivity index (χ1n) is 7.91. The molecule has 1 saturated heterocycles. The highest BCUT2D eigenvalue weighted by atomic mass is 35.5. The Hall–Kier alpha value is -0.770. The van der Waals surface area contributed by atoms with Crippen molar-refractivity contribution >= 4 is 29.7 Å². The maximum Gasteiger partial charge on any atom is 0.290 e. The first kappa shape index (κ1) is 17.6. The zero-order chi connectivity index (χ0) is 16.0. The summed E-state index contributed by atoms with van der Waals surface area (Å²) in [6, 6.07) is 6.88. The first-order valence-corrected chi connectivity index (χ1v) is 8.66. The molecule has 5 heteroatoms. The van der Waals surface area contributed by atoms with E-state index in [-0.39, 0.29) is 11.9 Å². The number of hydrogen-bond donors (Lipinski definition) is 2. The standard InChI is InChI=1S/C16H21Cl2N.CH2O2/c17-13-7-6-12(11-14(13)18)16(8-2-1-3-9-16)15-5-4-10-19-15;2-1-3/h6-7,11,15,19H,1-5,8-10H2;1H,(H,2,3). The molecule has 1 aliphatic carbocycles. The van der Waals surface area contributed by atoms with Crippen LogP contribution < -0.4 is 5.32 Å². The average Bonchev–Trinajstić information content (AvgIpc) is 3.06. The molecule has 0 spiro atoms. The SMILES string of the molecule is Clc1ccc(C2(C3CCCN3)CCCCC2)cc1Cl.O=CO. The van der Waals surface area contributed by atoms with Gasteiger partial charge in [0.05, 0.1) is 10.0 Å². The van der Waals surface area contributed by atoms with E-state index in [0.29, 0.717) is 16.1 Å². The Morgan fingerprint density at radius 2 is 1.82 bits per heavy atom. The van der Waals surface area contributed by atoms with Crippen LogP contribution in [0.2, 0.25) is 10.0 Å². The minimum absolute atomic E-state index is 0.250. The van der Waals surface area contributed by atoms with Gasteiger partial charge in [0.2, 0.25) is 0 Å². The van der Waals surface area contributed by atoms with Gasteiger partial charge in [0.15, 0.2) is 0 Å². The van der Waals surface area contributed by atoms with Crippen LogP contribution in [0.3, 0.4) is 0 Å². The Morgan fingerprint density at radius 3 is 2.36 bits per heavy atom. The Bertz CT molecular complexity index is 495. The Labute approximate surface area is 142 Å². The lowest BCUT2D eigenvalue weighted by Crippen LogP contribution is -2.46. The van der Waals surface area contributed by atoms with E-state index in [0.717, 1.165) is 6.54 Å². The van der Waals surface area contributed by atoms with Gasteiger partial charge in [-0.2, -0.15) is 0 Å². The summed E-state index contributed by atoms with van der Waals surface area (Å²) in [5.74, 6) is 0. The Morgan fingerprint density at radius 1 is 1.14 bits per heavy atom. The van der Waals surface area contributed by atoms with Crippen molar-refractivity contribution in [3.8, 4) is 0 Å². The summed E-state index contributed by atoms with van der Waals surface area (Å²) in [4.78, 5) is 8.36. The number of halogens is 2. The molecule has 0 radical (unpaired) electrons. The molecule has 1 aromatic rings. The molecule has 1 heterocycles. The second kappa shape index (κ2) is 8.19. The molecule has 1 unspecified atom stereocenters. The number of hydrogen-bond acceptors (Lipinski definition) is 2. The van der Waals surface area contributed by atoms with Gasteiger partial charge in [0.25, 0.3) is 6.47 Å². The van der Waals surface area contributed by atoms with Crippen molar-refractivity contribution in [3.05, 3.63) is 33.8 Å². The monoisotopic (exact) mass is 343 g/mol. The molecule has 122 valence electrons. The number of nitrogens with one attached hydrogen (secondary N) is 1. The number of carbonyl (C=O) groups is 1. The van der Waals surface area contributed by atoms with Crippen molar-refractivity contribution in [1.82, 2.24) is 5.32 Å². The van der Waals surface area contributed by atoms with E-state index >= 15 is 0 Å². The summed E-state index contributed by atoms with van der Waals surface area (Å²) >= 11 is 12.3. The Kier molecular flexibility index (Phi) is 6.54. The number of carboxylic acid groups (broad SMARTS) is 1. The second-order valence-electron chi connectivity index (χ2n) is 6.10. The third-order valence-corrected chi connectivity index (χ3v) is 5.71. The summed E-state index contributed by atoms with van der Waals surface area (Å²) in [7, 11) is 0. The summed E-state index contributed by atoms with van der Waals surface area (Å²) in [5.41, 5.74) is 1.67. The minimum atomic E-state index is -0.250. The van der Waals surface area contributed by atoms with Crippen LogP contribution in [-0.4, -0.2) is 24.2 Å². The lowest BCUT2D eigenvalue weighted by molar-refractivity contribution is -0.122. The highest BCUT2D eigenvalue weighted by Gasteiger charge is 2.42. The molecule has 1 aliphatic heterocycles. The summed E-state index contributed by atoms with van der Waals surface area (Å²) in [6.07, 6.45) is 9.19. The van der Waals surface area contributed by atoms with Gasteiger partial charge in [-0.1, -0.05) is 48.5 Å². The van der Waals surface area contributed by atoms with Crippen LogP contribution in [0.4, 0.5) is 0 Å². The summed E-state index contributed by atoms with van der Waals surface area (Å²) < 4.78 is 0. The lowest BCUT2D eigenvalue weighted by atomic mass is 9.64. The number of benzene rings is 1. The fraction of sp³-hybridized carbons (Fsp3) is 0.588. The van der Waals surface area contributed by atoms with E-state index < -0.39 is 0 Å². The molecule has 22 heavy (non-hydrogen) atoms. The van der Waals surface area contributed by atoms with Crippen LogP contribution in [0.15, 0.2) is 18.2 Å². The van der Waals surface area contributed by atoms with Gasteiger partial charge in [-0.3, -0.25) is 4.79 Å². The molecule has 2 N–H and O–H groups in total. The fourth-order valence-corrected chi connectivity index (χ4v) is 4.28. The minimum Gasteiger partial charge on any atom is -0.483 e. The van der Waals surface area contributed by atoms with Gasteiger partial charge in [-0.15, -0.1) is 0 Å². The van der Waals surface area contributed by atoms with Crippen molar-refractivity contribution in [2.75, 3.05) is 6.54 Å². The topological polar surface area (TPSA) is 49.3 Å². The smallest absolute Gasteiger partial charge is 0.290 e. The van der Waals surface area contributed by atoms with Crippen molar-refractivity contribution in [2.45, 2.75) is 56.4 Å². The molecule has 3 rings (SSSR count). The van der Waals surface area contributed by atoms with E-state index in [1.54, 1.807) is 0 Å². The Balaban J connectivity index is 0.000000545. The van der Waals surface area contributed by atoms with Crippen LogP contribution in [0.25, 0.3) is 0 Å². The van der Waals surface area contributed by atoms with Crippen molar-refractivity contribution in [1.29, 1.82) is 0 Å². The fourth-order valence-electron chi connectivity index (χ4n) is 3.98. The molecular weight excluding hydrogens is 321 g/mol. The van der Waals surface area contributed by atoms with Gasteiger partial charge >= 0.3 is 0 Å². The van der Waals surface area contributed by atoms with Crippen LogP contribution in [0.1, 0.15) is 50.5 Å². The van der Waals surface area contributed by atoms with Crippen LogP contribution >= 0.6 is 23.2 Å². The predicted molar refractivity (Wildman–Crippen MR) is 90.9 cm³/mol. The largest absolute Gasteiger partial charge is 0.483 e. The zero-order valence-corrected chi connectivity index (χ0v) is 14.2. The quantitative estimate of drug-likeness (QED) is 0.768. The molecule has 0 bridgehead atoms. The molecule has 0 amide bonds. The van der Waals surface area contributed by atoms with E-state index in [1.807, 2.05) is 6.07 Å². The first-order chi connectivity index (χ1) is 10.6. The van der Waals surface area contributed by atoms with Gasteiger partial charge in [-0.25, -0.2) is 0 Å². The molecule has 3 nitrogen and oxygen atoms in total. The molecule has 1 atom stereocenters. The maximum absolute atomic E-state index is 8.36. The summed E-state index contributed by atoms with van der Waals surface area (Å²) in [6.45, 7) is 0.910. The molecule has 1 saturated carbocycles. The normalized spacial score (nSPS) is 23.5. The van der Waals surface area contributed by atoms with E-state index in [9.17, 15) is 0 Å². The van der Waals surface area contributed by atoms with Gasteiger partial charge in [0.1, 0.15) is 0 Å². The molecular formula is C17H23Cl2NO2. The van der Waals surface area contributed by atoms with Gasteiger partial charge < -0.3 is 10.4 Å². The molecule has 2 fully saturated rings. The average molecular weight is 344 g/mol. The lowest BCUT2D eigenvalue weighted by Gasteiger charge is -2.43. The van der Waals surface area contributed by atoms with Crippen LogP contribution in [0.5, 0.6) is 0 Å². The van der Waals surface area contributed by atoms with E-state index in [4.69, 9.17) is 33.1 Å². The molecule has 2 aliphatic rings. The van der Waals surface area contributed by atoms with Crippen molar-refractivity contribution in [2.24, 2.45) is 0 Å². The third-order valence-electron chi connectivity index (χ3n) is 4.97. The zero-order valence-electron chi connectivity index (χ0n) is 12.7. The summed E-state index contributed by atoms with van der Waals surface area (Å²) in [5, 5.41) is 12.0. The van der Waals surface area contributed by atoms with Crippen molar-refractivity contribution in [3.63, 3.8) is 0 Å². The van der Waals surface area contributed by atoms with Crippen LogP contribution in [-0.2, 0) is 10.2 Å². The van der Waals surface area contributed by atoms with Crippen LogP contribution in [0, 0.1) is 0 Å². The highest BCUT2D eigenvalue weighted by molar-refractivity contribution is 6.42. The molecule has 0 aromatic heterocycles. The van der Waals surface area contributed by atoms with Gasteiger partial charge in [0, 0.05) is 11.5 Å². The third kappa shape index (κ3) is 3.76.